The fourth-order valence-corrected chi connectivity index (χ4v) is 6.94. The largest absolute Gasteiger partial charge is 0.464 e. The summed E-state index contributed by atoms with van der Waals surface area (Å²) in [5.41, 5.74) is 7.98. The summed E-state index contributed by atoms with van der Waals surface area (Å²) >= 11 is 3.45. The molecule has 0 aliphatic heterocycles. The molecule has 38 heavy (non-hydrogen) atoms. The minimum Gasteiger partial charge on any atom is -0.464 e. The third kappa shape index (κ3) is 3.36. The third-order valence-corrected chi connectivity index (χ3v) is 8.79. The monoisotopic (exact) mass is 524 g/mol. The second kappa shape index (κ2) is 8.55. The van der Waals surface area contributed by atoms with Crippen LogP contribution in [0.1, 0.15) is 0 Å². The van der Waals surface area contributed by atoms with Crippen LogP contribution in [0.15, 0.2) is 117 Å². The van der Waals surface area contributed by atoms with Gasteiger partial charge in [0.05, 0.1) is 23.7 Å². The first kappa shape index (κ1) is 21.6. The molecule has 1 radical (unpaired) electrons. The molecule has 8 rings (SSSR count). The lowest BCUT2D eigenvalue weighted by Crippen LogP contribution is -1.94. The highest BCUT2D eigenvalue weighted by Crippen LogP contribution is 2.45. The van der Waals surface area contributed by atoms with Crippen LogP contribution >= 0.6 is 22.7 Å². The van der Waals surface area contributed by atoms with Crippen LogP contribution in [0, 0.1) is 6.07 Å². The van der Waals surface area contributed by atoms with E-state index in [1.54, 1.807) is 35.2 Å². The first-order valence-electron chi connectivity index (χ1n) is 12.3. The SMILES string of the molecule is [c]1c(-c2csc3ccccc23)nc2ccc(-c3ccco3)c(-c3cccs3)c2c1-c1ccc2occc2c1. The first-order chi connectivity index (χ1) is 18.8. The van der Waals surface area contributed by atoms with Gasteiger partial charge in [-0.1, -0.05) is 30.3 Å². The molecule has 5 heteroatoms. The number of rotatable bonds is 4. The molecule has 0 amide bonds. The van der Waals surface area contributed by atoms with Crippen LogP contribution in [-0.2, 0) is 0 Å². The van der Waals surface area contributed by atoms with E-state index >= 15 is 0 Å². The van der Waals surface area contributed by atoms with E-state index in [-0.39, 0.29) is 0 Å². The Hall–Kier alpha value is -4.45. The number of pyridine rings is 1. The van der Waals surface area contributed by atoms with Crippen molar-refractivity contribution in [1.82, 2.24) is 4.98 Å². The minimum absolute atomic E-state index is 0.833. The molecule has 0 spiro atoms. The maximum atomic E-state index is 5.89. The molecule has 0 saturated heterocycles. The number of aromatic nitrogens is 1. The van der Waals surface area contributed by atoms with E-state index in [9.17, 15) is 0 Å². The predicted octanol–water partition coefficient (Wildman–Crippen LogP) is 10.3. The summed E-state index contributed by atoms with van der Waals surface area (Å²) in [6.07, 6.45) is 3.46. The van der Waals surface area contributed by atoms with Crippen molar-refractivity contribution < 1.29 is 8.83 Å². The van der Waals surface area contributed by atoms with Crippen molar-refractivity contribution in [3.63, 3.8) is 0 Å². The van der Waals surface area contributed by atoms with Crippen molar-refractivity contribution in [3.05, 3.63) is 114 Å². The van der Waals surface area contributed by atoms with Crippen LogP contribution in [-0.4, -0.2) is 4.98 Å². The summed E-state index contributed by atoms with van der Waals surface area (Å²) in [6, 6.07) is 33.0. The second-order valence-corrected chi connectivity index (χ2v) is 11.0. The number of thiophene rings is 2. The standard InChI is InChI=1S/C33H18NO2S2/c1-2-7-30-22(5-1)25(19-38-30)27-18-24(20-9-12-28-21(17-20)13-15-36-28)32-26(34-27)11-10-23(29-6-3-14-35-29)33(32)31-8-4-16-37-31/h1-17,19H. The fraction of sp³-hybridized carbons (Fsp3) is 0. The van der Waals surface area contributed by atoms with Gasteiger partial charge in [-0.15, -0.1) is 22.7 Å². The molecule has 8 aromatic rings. The summed E-state index contributed by atoms with van der Waals surface area (Å²) in [4.78, 5) is 6.37. The van der Waals surface area contributed by atoms with Gasteiger partial charge >= 0.3 is 0 Å². The van der Waals surface area contributed by atoms with Gasteiger partial charge < -0.3 is 8.83 Å². The molecule has 0 N–H and O–H groups in total. The predicted molar refractivity (Wildman–Crippen MR) is 158 cm³/mol. The van der Waals surface area contributed by atoms with Gasteiger partial charge in [-0.05, 0) is 65.5 Å². The number of hydrogen-bond donors (Lipinski definition) is 0. The maximum Gasteiger partial charge on any atom is 0.134 e. The molecule has 0 aliphatic carbocycles. The Labute approximate surface area is 226 Å². The van der Waals surface area contributed by atoms with Crippen LogP contribution in [0.5, 0.6) is 0 Å². The maximum absolute atomic E-state index is 5.89. The Kier molecular flexibility index (Phi) is 4.87. The normalized spacial score (nSPS) is 11.7. The van der Waals surface area contributed by atoms with E-state index in [0.29, 0.717) is 0 Å². The summed E-state index contributed by atoms with van der Waals surface area (Å²) < 4.78 is 12.8. The van der Waals surface area contributed by atoms with Gasteiger partial charge in [0.25, 0.3) is 0 Å². The molecule has 5 heterocycles. The summed E-state index contributed by atoms with van der Waals surface area (Å²) in [7, 11) is 0. The van der Waals surface area contributed by atoms with E-state index in [1.807, 2.05) is 24.3 Å². The molecule has 0 aliphatic rings. The van der Waals surface area contributed by atoms with Crippen LogP contribution in [0.3, 0.4) is 0 Å². The Morgan fingerprint density at radius 1 is 0.763 bits per heavy atom. The lowest BCUT2D eigenvalue weighted by molar-refractivity contribution is 0.582. The zero-order valence-electron chi connectivity index (χ0n) is 20.0. The topological polar surface area (TPSA) is 39.2 Å². The van der Waals surface area contributed by atoms with Crippen molar-refractivity contribution >= 4 is 54.6 Å². The van der Waals surface area contributed by atoms with Crippen LogP contribution in [0.4, 0.5) is 0 Å². The molecule has 0 bridgehead atoms. The molecular weight excluding hydrogens is 507 g/mol. The van der Waals surface area contributed by atoms with Gasteiger partial charge in [-0.25, -0.2) is 4.98 Å². The van der Waals surface area contributed by atoms with Gasteiger partial charge in [0.15, 0.2) is 0 Å². The lowest BCUT2D eigenvalue weighted by Gasteiger charge is -2.16. The van der Waals surface area contributed by atoms with Gasteiger partial charge in [0.1, 0.15) is 11.3 Å². The average molecular weight is 525 g/mol. The highest BCUT2D eigenvalue weighted by atomic mass is 32.1. The zero-order chi connectivity index (χ0) is 25.1. The summed E-state index contributed by atoms with van der Waals surface area (Å²) in [5.74, 6) is 0.833. The number of fused-ring (bicyclic) bond motifs is 3. The molecule has 3 nitrogen and oxygen atoms in total. The van der Waals surface area contributed by atoms with E-state index in [0.717, 1.165) is 66.0 Å². The molecular formula is C33H18NO2S2. The summed E-state index contributed by atoms with van der Waals surface area (Å²) in [6.45, 7) is 0. The molecule has 179 valence electrons. The average Bonchev–Trinajstić information content (AvgIpc) is 3.78. The van der Waals surface area contributed by atoms with Crippen LogP contribution in [0.25, 0.3) is 76.1 Å². The van der Waals surface area contributed by atoms with Gasteiger partial charge in [0, 0.05) is 59.4 Å². The van der Waals surface area contributed by atoms with Crippen LogP contribution < -0.4 is 0 Å². The minimum atomic E-state index is 0.833. The van der Waals surface area contributed by atoms with Gasteiger partial charge in [0.2, 0.25) is 0 Å². The first-order valence-corrected chi connectivity index (χ1v) is 14.0. The van der Waals surface area contributed by atoms with Crippen molar-refractivity contribution in [3.8, 4) is 44.1 Å². The number of furan rings is 2. The number of benzene rings is 3. The van der Waals surface area contributed by atoms with Crippen molar-refractivity contribution in [2.45, 2.75) is 0 Å². The van der Waals surface area contributed by atoms with Crippen molar-refractivity contribution in [2.75, 3.05) is 0 Å². The van der Waals surface area contributed by atoms with E-state index in [4.69, 9.17) is 13.8 Å². The van der Waals surface area contributed by atoms with E-state index in [2.05, 4.69) is 77.5 Å². The van der Waals surface area contributed by atoms with Gasteiger partial charge in [-0.2, -0.15) is 0 Å². The smallest absolute Gasteiger partial charge is 0.134 e. The molecule has 0 atom stereocenters. The van der Waals surface area contributed by atoms with Crippen molar-refractivity contribution in [1.29, 1.82) is 0 Å². The lowest BCUT2D eigenvalue weighted by atomic mass is 9.91. The Morgan fingerprint density at radius 3 is 2.63 bits per heavy atom. The molecule has 5 aromatic heterocycles. The van der Waals surface area contributed by atoms with Gasteiger partial charge in [-0.3, -0.25) is 0 Å². The molecule has 3 aromatic carbocycles. The zero-order valence-corrected chi connectivity index (χ0v) is 21.6. The third-order valence-electron chi connectivity index (χ3n) is 6.94. The quantitative estimate of drug-likeness (QED) is 0.230. The van der Waals surface area contributed by atoms with Crippen molar-refractivity contribution in [2.24, 2.45) is 0 Å². The van der Waals surface area contributed by atoms with E-state index < -0.39 is 0 Å². The van der Waals surface area contributed by atoms with Crippen LogP contribution in [0.2, 0.25) is 0 Å². The fourth-order valence-electron chi connectivity index (χ4n) is 5.21. The summed E-state index contributed by atoms with van der Waals surface area (Å²) in [5, 5.41) is 7.62. The Morgan fingerprint density at radius 2 is 1.74 bits per heavy atom. The molecule has 0 saturated carbocycles. The molecule has 0 fully saturated rings. The Bertz CT molecular complexity index is 2080. The highest BCUT2D eigenvalue weighted by Gasteiger charge is 2.21. The van der Waals surface area contributed by atoms with E-state index in [1.165, 1.54) is 10.1 Å². The number of nitrogens with zero attached hydrogens (tertiary/aromatic N) is 1. The highest BCUT2D eigenvalue weighted by molar-refractivity contribution is 7.17. The molecule has 0 unspecified atom stereocenters. The Balaban J connectivity index is 1.51. The number of hydrogen-bond acceptors (Lipinski definition) is 5. The second-order valence-electron chi connectivity index (χ2n) is 9.12.